The highest BCUT2D eigenvalue weighted by Crippen LogP contribution is 2.25. The molecule has 0 spiro atoms. The highest BCUT2D eigenvalue weighted by Gasteiger charge is 2.38. The van der Waals surface area contributed by atoms with E-state index in [0.29, 0.717) is 5.56 Å². The number of hydrogen-bond donors (Lipinski definition) is 2. The summed E-state index contributed by atoms with van der Waals surface area (Å²) in [5.41, 5.74) is -0.226. The molecule has 0 saturated heterocycles. The van der Waals surface area contributed by atoms with Gasteiger partial charge in [0.25, 0.3) is 0 Å². The number of halogens is 1. The van der Waals surface area contributed by atoms with Crippen molar-refractivity contribution in [3.63, 3.8) is 0 Å². The van der Waals surface area contributed by atoms with Crippen LogP contribution in [0.3, 0.4) is 0 Å². The van der Waals surface area contributed by atoms with Gasteiger partial charge in [0, 0.05) is 18.2 Å². The number of nitrogens with zero attached hydrogens (tertiary/aromatic N) is 1. The molecule has 0 aliphatic carbocycles. The zero-order valence-corrected chi connectivity index (χ0v) is 17.3. The summed E-state index contributed by atoms with van der Waals surface area (Å²) in [4.78, 5) is 16.0. The lowest BCUT2D eigenvalue weighted by Crippen LogP contribution is -2.51. The average Bonchev–Trinajstić information content (AvgIpc) is 2.52. The van der Waals surface area contributed by atoms with Crippen LogP contribution in [-0.2, 0) is 20.2 Å². The molecule has 0 saturated carbocycles. The lowest BCUT2D eigenvalue weighted by Gasteiger charge is -2.30. The number of carbonyl (C=O) groups is 1. The predicted octanol–water partition coefficient (Wildman–Crippen LogP) is 3.69. The summed E-state index contributed by atoms with van der Waals surface area (Å²) < 4.78 is 39.5. The number of amides is 1. The van der Waals surface area contributed by atoms with Crippen LogP contribution in [0.4, 0.5) is 9.18 Å². The Morgan fingerprint density at radius 2 is 1.96 bits per heavy atom. The molecule has 1 rings (SSSR count). The minimum atomic E-state index is -3.47. The molecule has 8 heteroatoms. The second kappa shape index (κ2) is 8.09. The van der Waals surface area contributed by atoms with E-state index < -0.39 is 32.0 Å². The summed E-state index contributed by atoms with van der Waals surface area (Å²) in [6.07, 6.45) is 4.55. The minimum Gasteiger partial charge on any atom is -0.444 e. The van der Waals surface area contributed by atoms with Gasteiger partial charge in [-0.15, -0.1) is 6.42 Å². The first-order valence-electron chi connectivity index (χ1n) is 8.22. The smallest absolute Gasteiger partial charge is 0.413 e. The molecule has 1 atom stereocenters. The number of nitrogens with one attached hydrogen (secondary N) is 2. The number of amidine groups is 1. The molecule has 27 heavy (non-hydrogen) atoms. The molecule has 6 nitrogen and oxygen atoms in total. The molecule has 2 N–H and O–H groups in total. The molecule has 0 heterocycles. The predicted molar refractivity (Wildman–Crippen MR) is 106 cm³/mol. The lowest BCUT2D eigenvalue weighted by atomic mass is 10.1. The maximum absolute atomic E-state index is 14.1. The zero-order chi connectivity index (χ0) is 21.0. The molecule has 1 aromatic carbocycles. The monoisotopic (exact) mass is 395 g/mol. The zero-order valence-electron chi connectivity index (χ0n) is 16.5. The van der Waals surface area contributed by atoms with Crippen LogP contribution < -0.4 is 5.32 Å². The Labute approximate surface area is 160 Å². The Kier molecular flexibility index (Phi) is 6.78. The van der Waals surface area contributed by atoms with Gasteiger partial charge in [0.05, 0.1) is 15.5 Å². The molecular formula is C19H26FN3O3S. The summed E-state index contributed by atoms with van der Waals surface area (Å²) in [6.45, 7) is 8.12. The third-order valence-electron chi connectivity index (χ3n) is 3.81. The quantitative estimate of drug-likeness (QED) is 0.463. The largest absolute Gasteiger partial charge is 0.444 e. The van der Waals surface area contributed by atoms with Crippen molar-refractivity contribution in [3.8, 4) is 12.3 Å². The van der Waals surface area contributed by atoms with E-state index >= 15 is 0 Å². The van der Waals surface area contributed by atoms with Crippen molar-refractivity contribution in [1.82, 2.24) is 5.32 Å². The number of rotatable bonds is 4. The van der Waals surface area contributed by atoms with E-state index in [1.54, 1.807) is 20.8 Å². The van der Waals surface area contributed by atoms with Crippen molar-refractivity contribution in [2.75, 3.05) is 7.05 Å². The van der Waals surface area contributed by atoms with E-state index in [9.17, 15) is 13.4 Å². The van der Waals surface area contributed by atoms with Gasteiger partial charge in [-0.05, 0) is 52.8 Å². The van der Waals surface area contributed by atoms with Crippen molar-refractivity contribution in [2.24, 2.45) is 4.99 Å². The van der Waals surface area contributed by atoms with Gasteiger partial charge in [-0.3, -0.25) is 15.1 Å². The fraction of sp³-hybridized carbons (Fsp3) is 0.474. The standard InChI is InChI=1S/C19H26FN3O3S/c1-8-13-9-10-15(20)14(11-13)12-27(21,25)19(5,6)16(22-7)23-17(24)26-18(2,3)4/h1,9-11,21H,12H2,2-7H3,(H,22,23,24). The first kappa shape index (κ1) is 22.6. The molecule has 148 valence electrons. The van der Waals surface area contributed by atoms with Crippen LogP contribution in [0.25, 0.3) is 0 Å². The topological polar surface area (TPSA) is 91.6 Å². The maximum Gasteiger partial charge on any atom is 0.413 e. The van der Waals surface area contributed by atoms with Crippen molar-refractivity contribution >= 4 is 21.7 Å². The van der Waals surface area contributed by atoms with E-state index in [1.807, 2.05) is 0 Å². The molecular weight excluding hydrogens is 369 g/mol. The fourth-order valence-corrected chi connectivity index (χ4v) is 3.68. The molecule has 1 unspecified atom stereocenters. The van der Waals surface area contributed by atoms with Crippen molar-refractivity contribution in [2.45, 2.75) is 50.7 Å². The Hall–Kier alpha value is -2.40. The Bertz CT molecular complexity index is 892. The third kappa shape index (κ3) is 5.79. The Balaban J connectivity index is 3.16. The number of aliphatic imine (C=N–C) groups is 1. The summed E-state index contributed by atoms with van der Waals surface area (Å²) in [5.74, 6) is 1.43. The maximum atomic E-state index is 14.1. The van der Waals surface area contributed by atoms with Crippen LogP contribution in [0.5, 0.6) is 0 Å². The van der Waals surface area contributed by atoms with Gasteiger partial charge < -0.3 is 4.74 Å². The third-order valence-corrected chi connectivity index (χ3v) is 6.37. The highest BCUT2D eigenvalue weighted by molar-refractivity contribution is 7.93. The molecule has 0 aliphatic rings. The van der Waals surface area contributed by atoms with Crippen molar-refractivity contribution in [3.05, 3.63) is 35.1 Å². The van der Waals surface area contributed by atoms with Gasteiger partial charge in [0.2, 0.25) is 0 Å². The van der Waals surface area contributed by atoms with E-state index in [2.05, 4.69) is 16.2 Å². The summed E-state index contributed by atoms with van der Waals surface area (Å²) in [7, 11) is -2.06. The minimum absolute atomic E-state index is 0.0188. The molecule has 0 radical (unpaired) electrons. The molecule has 0 aromatic heterocycles. The van der Waals surface area contributed by atoms with Crippen LogP contribution >= 0.6 is 0 Å². The number of ether oxygens (including phenoxy) is 1. The van der Waals surface area contributed by atoms with Gasteiger partial charge in [0.1, 0.15) is 22.0 Å². The Morgan fingerprint density at radius 3 is 2.44 bits per heavy atom. The normalized spacial score (nSPS) is 14.8. The summed E-state index contributed by atoms with van der Waals surface area (Å²) in [6, 6.07) is 4.00. The molecule has 0 bridgehead atoms. The van der Waals surface area contributed by atoms with Crippen LogP contribution in [0.2, 0.25) is 0 Å². The van der Waals surface area contributed by atoms with Gasteiger partial charge in [-0.1, -0.05) is 5.92 Å². The van der Waals surface area contributed by atoms with Gasteiger partial charge in [-0.25, -0.2) is 13.4 Å². The molecule has 0 fully saturated rings. The van der Waals surface area contributed by atoms with Crippen LogP contribution in [0.15, 0.2) is 23.2 Å². The van der Waals surface area contributed by atoms with E-state index in [1.165, 1.54) is 39.1 Å². The number of carbonyl (C=O) groups excluding carboxylic acids is 1. The van der Waals surface area contributed by atoms with Gasteiger partial charge >= 0.3 is 6.09 Å². The average molecular weight is 396 g/mol. The number of terminal acetylenes is 1. The first-order valence-corrected chi connectivity index (χ1v) is 9.94. The van der Waals surface area contributed by atoms with Crippen molar-refractivity contribution in [1.29, 1.82) is 4.78 Å². The number of hydrogen-bond acceptors (Lipinski definition) is 5. The molecule has 0 aliphatic heterocycles. The van der Waals surface area contributed by atoms with Crippen molar-refractivity contribution < 1.29 is 18.1 Å². The summed E-state index contributed by atoms with van der Waals surface area (Å²) in [5, 5.41) is 2.46. The van der Waals surface area contributed by atoms with E-state index in [0.717, 1.165) is 0 Å². The number of benzene rings is 1. The highest BCUT2D eigenvalue weighted by atomic mass is 32.2. The second-order valence-corrected chi connectivity index (χ2v) is 10.1. The molecule has 1 aromatic rings. The first-order chi connectivity index (χ1) is 12.2. The van der Waals surface area contributed by atoms with Crippen LogP contribution in [0.1, 0.15) is 45.7 Å². The van der Waals surface area contributed by atoms with Gasteiger partial charge in [-0.2, -0.15) is 0 Å². The van der Waals surface area contributed by atoms with E-state index in [-0.39, 0.29) is 17.2 Å². The summed E-state index contributed by atoms with van der Waals surface area (Å²) >= 11 is 0. The van der Waals surface area contributed by atoms with Gasteiger partial charge in [0.15, 0.2) is 0 Å². The van der Waals surface area contributed by atoms with E-state index in [4.69, 9.17) is 15.9 Å². The SMILES string of the molecule is C#Cc1ccc(F)c(CS(=N)(=O)C(C)(C)/C(=N\C)NC(=O)OC(C)(C)C)c1. The lowest BCUT2D eigenvalue weighted by molar-refractivity contribution is 0.0561. The Morgan fingerprint density at radius 1 is 1.37 bits per heavy atom. The van der Waals surface area contributed by atoms with Crippen LogP contribution in [-0.4, -0.2) is 33.5 Å². The second-order valence-electron chi connectivity index (χ2n) is 7.48. The fourth-order valence-electron chi connectivity index (χ4n) is 2.21. The van der Waals surface area contributed by atoms with Crippen LogP contribution in [0, 0.1) is 22.9 Å². The molecule has 1 amide bonds. The number of alkyl carbamates (subject to hydrolysis) is 1.